The predicted molar refractivity (Wildman–Crippen MR) is 137 cm³/mol. The number of nitrogens with two attached hydrogens (primary N) is 1. The van der Waals surface area contributed by atoms with Crippen LogP contribution in [0.5, 0.6) is 5.75 Å². The average Bonchev–Trinajstić information content (AvgIpc) is 2.85. The van der Waals surface area contributed by atoms with Crippen molar-refractivity contribution < 1.29 is 4.74 Å². The highest BCUT2D eigenvalue weighted by molar-refractivity contribution is 5.95. The van der Waals surface area contributed by atoms with Crippen LogP contribution in [-0.4, -0.2) is 31.6 Å². The van der Waals surface area contributed by atoms with E-state index in [9.17, 15) is 0 Å². The molecule has 0 bridgehead atoms. The van der Waals surface area contributed by atoms with Crippen LogP contribution in [0.3, 0.4) is 0 Å². The standard InChI is InChI=1S/C28H32N4O/c29-28(30)24-10-4-8-22(20-24)9-5-19-32(21-23-6-2-1-3-7-23)25-11-13-26(14-12-25)33-27-15-17-31-18-16-27/h1-14,20,27,31H,15-19,21H2,(H3,29,30). The van der Waals surface area contributed by atoms with Crippen LogP contribution in [-0.2, 0) is 6.54 Å². The van der Waals surface area contributed by atoms with Crippen LogP contribution in [0.1, 0.15) is 29.5 Å². The molecule has 1 aliphatic heterocycles. The van der Waals surface area contributed by atoms with Gasteiger partial charge >= 0.3 is 0 Å². The van der Waals surface area contributed by atoms with Crippen LogP contribution in [0.4, 0.5) is 5.69 Å². The number of anilines is 1. The Morgan fingerprint density at radius 3 is 2.48 bits per heavy atom. The molecule has 1 heterocycles. The third kappa shape index (κ3) is 6.70. The highest BCUT2D eigenvalue weighted by Gasteiger charge is 2.14. The third-order valence-corrected chi connectivity index (χ3v) is 5.84. The van der Waals surface area contributed by atoms with Crippen molar-refractivity contribution in [2.75, 3.05) is 24.5 Å². The largest absolute Gasteiger partial charge is 0.490 e. The smallest absolute Gasteiger partial charge is 0.122 e. The van der Waals surface area contributed by atoms with Crippen LogP contribution in [0.25, 0.3) is 6.08 Å². The van der Waals surface area contributed by atoms with Crippen molar-refractivity contribution in [1.82, 2.24) is 5.32 Å². The Hall–Kier alpha value is -3.57. The van der Waals surface area contributed by atoms with Crippen molar-refractivity contribution in [3.8, 4) is 5.75 Å². The van der Waals surface area contributed by atoms with E-state index in [0.717, 1.165) is 61.6 Å². The highest BCUT2D eigenvalue weighted by Crippen LogP contribution is 2.23. The van der Waals surface area contributed by atoms with Gasteiger partial charge in [0.2, 0.25) is 0 Å². The molecule has 3 aromatic carbocycles. The lowest BCUT2D eigenvalue weighted by atomic mass is 10.1. The maximum atomic E-state index is 7.65. The van der Waals surface area contributed by atoms with Crippen molar-refractivity contribution in [3.05, 3.63) is 102 Å². The second kappa shape index (κ2) is 11.3. The summed E-state index contributed by atoms with van der Waals surface area (Å²) >= 11 is 0. The molecule has 4 rings (SSSR count). The Morgan fingerprint density at radius 2 is 1.76 bits per heavy atom. The van der Waals surface area contributed by atoms with E-state index in [4.69, 9.17) is 15.9 Å². The maximum Gasteiger partial charge on any atom is 0.122 e. The molecule has 170 valence electrons. The molecular formula is C28H32N4O. The second-order valence-corrected chi connectivity index (χ2v) is 8.37. The molecule has 1 fully saturated rings. The number of nitrogens with one attached hydrogen (secondary N) is 2. The summed E-state index contributed by atoms with van der Waals surface area (Å²) in [5.74, 6) is 1.02. The first-order chi connectivity index (χ1) is 16.2. The summed E-state index contributed by atoms with van der Waals surface area (Å²) < 4.78 is 6.18. The van der Waals surface area contributed by atoms with Crippen molar-refractivity contribution in [1.29, 1.82) is 5.41 Å². The zero-order valence-corrected chi connectivity index (χ0v) is 18.9. The number of hydrogen-bond donors (Lipinski definition) is 3. The molecule has 33 heavy (non-hydrogen) atoms. The summed E-state index contributed by atoms with van der Waals surface area (Å²) in [5.41, 5.74) is 9.82. The number of benzene rings is 3. The summed E-state index contributed by atoms with van der Waals surface area (Å²) in [6.07, 6.45) is 6.64. The average molecular weight is 441 g/mol. The molecule has 0 radical (unpaired) electrons. The zero-order chi connectivity index (χ0) is 22.9. The molecule has 5 heteroatoms. The fourth-order valence-electron chi connectivity index (χ4n) is 4.03. The molecule has 0 aliphatic carbocycles. The summed E-state index contributed by atoms with van der Waals surface area (Å²) in [7, 11) is 0. The molecule has 0 spiro atoms. The topological polar surface area (TPSA) is 74.4 Å². The first kappa shape index (κ1) is 22.6. The SMILES string of the molecule is N=C(N)c1cccc(C=CCN(Cc2ccccc2)c2ccc(OC3CCNCC3)cc2)c1. The Bertz CT molecular complexity index is 1060. The Balaban J connectivity index is 1.47. The Labute approximate surface area is 196 Å². The minimum absolute atomic E-state index is 0.0859. The van der Waals surface area contributed by atoms with Gasteiger partial charge in [-0.1, -0.05) is 60.7 Å². The fraction of sp³-hybridized carbons (Fsp3) is 0.250. The minimum Gasteiger partial charge on any atom is -0.490 e. The van der Waals surface area contributed by atoms with Gasteiger partial charge in [-0.3, -0.25) is 5.41 Å². The predicted octanol–water partition coefficient (Wildman–Crippen LogP) is 4.82. The van der Waals surface area contributed by atoms with E-state index < -0.39 is 0 Å². The number of ether oxygens (including phenoxy) is 1. The van der Waals surface area contributed by atoms with E-state index in [1.807, 2.05) is 30.3 Å². The Kier molecular flexibility index (Phi) is 7.77. The fourth-order valence-corrected chi connectivity index (χ4v) is 4.03. The van der Waals surface area contributed by atoms with Crippen LogP contribution >= 0.6 is 0 Å². The first-order valence-electron chi connectivity index (χ1n) is 11.5. The van der Waals surface area contributed by atoms with Gasteiger partial charge in [-0.15, -0.1) is 0 Å². The molecule has 1 saturated heterocycles. The molecule has 0 aromatic heterocycles. The monoisotopic (exact) mass is 440 g/mol. The van der Waals surface area contributed by atoms with Gasteiger partial charge in [0.15, 0.2) is 0 Å². The summed E-state index contributed by atoms with van der Waals surface area (Å²) in [6, 6.07) is 26.7. The molecule has 4 N–H and O–H groups in total. The van der Waals surface area contributed by atoms with Crippen molar-refractivity contribution in [2.24, 2.45) is 5.73 Å². The van der Waals surface area contributed by atoms with Crippen LogP contribution in [0, 0.1) is 5.41 Å². The summed E-state index contributed by atoms with van der Waals surface area (Å²) in [4.78, 5) is 2.34. The quantitative estimate of drug-likeness (QED) is 0.329. The van der Waals surface area contributed by atoms with Gasteiger partial charge in [0, 0.05) is 24.3 Å². The molecule has 3 aromatic rings. The lowest BCUT2D eigenvalue weighted by molar-refractivity contribution is 0.162. The number of rotatable bonds is 9. The van der Waals surface area contributed by atoms with Gasteiger partial charge in [0.1, 0.15) is 17.7 Å². The van der Waals surface area contributed by atoms with Gasteiger partial charge in [-0.25, -0.2) is 0 Å². The van der Waals surface area contributed by atoms with Gasteiger partial charge in [0.25, 0.3) is 0 Å². The van der Waals surface area contributed by atoms with Crippen molar-refractivity contribution in [2.45, 2.75) is 25.5 Å². The number of piperidine rings is 1. The van der Waals surface area contributed by atoms with Gasteiger partial charge < -0.3 is 20.7 Å². The second-order valence-electron chi connectivity index (χ2n) is 8.37. The van der Waals surface area contributed by atoms with E-state index in [0.29, 0.717) is 6.10 Å². The van der Waals surface area contributed by atoms with Crippen LogP contribution < -0.4 is 20.7 Å². The molecular weight excluding hydrogens is 408 g/mol. The van der Waals surface area contributed by atoms with E-state index in [-0.39, 0.29) is 5.84 Å². The number of amidine groups is 1. The first-order valence-corrected chi connectivity index (χ1v) is 11.5. The molecule has 1 aliphatic rings. The molecule has 0 saturated carbocycles. The number of hydrogen-bond acceptors (Lipinski definition) is 4. The lowest BCUT2D eigenvalue weighted by Gasteiger charge is -2.26. The maximum absolute atomic E-state index is 7.65. The normalized spacial score (nSPS) is 14.3. The van der Waals surface area contributed by atoms with Crippen molar-refractivity contribution >= 4 is 17.6 Å². The van der Waals surface area contributed by atoms with Crippen molar-refractivity contribution in [3.63, 3.8) is 0 Å². The van der Waals surface area contributed by atoms with Crippen LogP contribution in [0.15, 0.2) is 84.9 Å². The summed E-state index contributed by atoms with van der Waals surface area (Å²) in [5, 5.41) is 11.0. The third-order valence-electron chi connectivity index (χ3n) is 5.84. The van der Waals surface area contributed by atoms with Gasteiger partial charge in [-0.05, 0) is 67.4 Å². The van der Waals surface area contributed by atoms with Crippen LogP contribution in [0.2, 0.25) is 0 Å². The number of nitrogens with zero attached hydrogens (tertiary/aromatic N) is 1. The Morgan fingerprint density at radius 1 is 1.00 bits per heavy atom. The summed E-state index contributed by atoms with van der Waals surface area (Å²) in [6.45, 7) is 3.62. The molecule has 0 amide bonds. The lowest BCUT2D eigenvalue weighted by Crippen LogP contribution is -2.34. The van der Waals surface area contributed by atoms with E-state index in [1.54, 1.807) is 0 Å². The van der Waals surface area contributed by atoms with Gasteiger partial charge in [-0.2, -0.15) is 0 Å². The molecule has 5 nitrogen and oxygen atoms in total. The highest BCUT2D eigenvalue weighted by atomic mass is 16.5. The van der Waals surface area contributed by atoms with E-state index >= 15 is 0 Å². The zero-order valence-electron chi connectivity index (χ0n) is 18.9. The molecule has 0 unspecified atom stereocenters. The minimum atomic E-state index is 0.0859. The molecule has 0 atom stereocenters. The van der Waals surface area contributed by atoms with E-state index in [1.165, 1.54) is 5.56 Å². The van der Waals surface area contributed by atoms with E-state index in [2.05, 4.69) is 70.9 Å². The van der Waals surface area contributed by atoms with Gasteiger partial charge in [0.05, 0.1) is 0 Å². The number of nitrogen functional groups attached to an aromatic ring is 1.